The third-order valence-corrected chi connectivity index (χ3v) is 3.59. The van der Waals surface area contributed by atoms with Crippen molar-refractivity contribution in [1.82, 2.24) is 18.9 Å². The zero-order chi connectivity index (χ0) is 15.1. The summed E-state index contributed by atoms with van der Waals surface area (Å²) >= 11 is 0. The first kappa shape index (κ1) is 12.6. The van der Waals surface area contributed by atoms with Gasteiger partial charge < -0.3 is 9.67 Å². The number of aromatic nitrogens is 4. The molecule has 108 valence electrons. The first-order chi connectivity index (χ1) is 10.7. The van der Waals surface area contributed by atoms with E-state index in [0.29, 0.717) is 12.3 Å². The van der Waals surface area contributed by atoms with Gasteiger partial charge in [-0.05, 0) is 24.3 Å². The lowest BCUT2D eigenvalue weighted by Gasteiger charge is -2.05. The summed E-state index contributed by atoms with van der Waals surface area (Å²) in [6, 6.07) is 14.3. The van der Waals surface area contributed by atoms with Crippen LogP contribution < -0.4 is 5.56 Å². The quantitative estimate of drug-likeness (QED) is 0.611. The molecule has 0 aliphatic heterocycles. The average Bonchev–Trinajstić information content (AvgIpc) is 2.83. The molecule has 3 heterocycles. The Balaban J connectivity index is 2.08. The lowest BCUT2D eigenvalue weighted by atomic mass is 10.3. The van der Waals surface area contributed by atoms with Crippen molar-refractivity contribution >= 4 is 16.8 Å². The monoisotopic (exact) mass is 292 g/mol. The number of aromatic hydroxyl groups is 1. The third-order valence-electron chi connectivity index (χ3n) is 3.59. The number of hydrogen-bond donors (Lipinski definition) is 1. The molecule has 0 aliphatic rings. The minimum Gasteiger partial charge on any atom is -0.493 e. The van der Waals surface area contributed by atoms with Crippen molar-refractivity contribution in [2.75, 3.05) is 0 Å². The molecule has 0 saturated heterocycles. The molecule has 0 unspecified atom stereocenters. The second-order valence-electron chi connectivity index (χ2n) is 4.98. The van der Waals surface area contributed by atoms with E-state index >= 15 is 0 Å². The largest absolute Gasteiger partial charge is 0.493 e. The molecule has 4 rings (SSSR count). The fourth-order valence-corrected chi connectivity index (χ4v) is 2.66. The zero-order valence-electron chi connectivity index (χ0n) is 11.5. The van der Waals surface area contributed by atoms with Gasteiger partial charge >= 0.3 is 0 Å². The molecule has 22 heavy (non-hydrogen) atoms. The predicted molar refractivity (Wildman–Crippen MR) is 82.0 cm³/mol. The topological polar surface area (TPSA) is 72.4 Å². The Morgan fingerprint density at radius 2 is 1.82 bits per heavy atom. The molecule has 0 saturated carbocycles. The van der Waals surface area contributed by atoms with Crippen LogP contribution in [0.1, 0.15) is 5.69 Å². The highest BCUT2D eigenvalue weighted by molar-refractivity contribution is 5.80. The Labute approximate surface area is 124 Å². The summed E-state index contributed by atoms with van der Waals surface area (Å²) in [5.74, 6) is 0.118. The predicted octanol–water partition coefficient (Wildman–Crippen LogP) is 1.80. The molecule has 6 heteroatoms. The first-order valence-corrected chi connectivity index (χ1v) is 6.84. The number of fused-ring (bicyclic) bond motifs is 3. The van der Waals surface area contributed by atoms with Crippen molar-refractivity contribution in [3.63, 3.8) is 0 Å². The van der Waals surface area contributed by atoms with E-state index < -0.39 is 0 Å². The number of para-hydroxylation sites is 2. The summed E-state index contributed by atoms with van der Waals surface area (Å²) in [7, 11) is 0. The standard InChI is InChI=1S/C16H12N4O2/c21-14-9-15(22)20-13-7-2-1-6-12(13)19(16(20)18-14)10-11-5-3-4-8-17-11/h1-9,21H,10H2. The van der Waals surface area contributed by atoms with Crippen LogP contribution in [-0.4, -0.2) is 24.0 Å². The Hall–Kier alpha value is -3.15. The van der Waals surface area contributed by atoms with Gasteiger partial charge in [0.25, 0.3) is 5.56 Å². The molecular formula is C16H12N4O2. The van der Waals surface area contributed by atoms with Crippen LogP contribution in [0.5, 0.6) is 5.88 Å². The van der Waals surface area contributed by atoms with Gasteiger partial charge in [-0.25, -0.2) is 4.40 Å². The van der Waals surface area contributed by atoms with E-state index in [1.54, 1.807) is 6.20 Å². The number of pyridine rings is 1. The number of hydrogen-bond acceptors (Lipinski definition) is 4. The molecule has 4 aromatic rings. The molecule has 0 atom stereocenters. The first-order valence-electron chi connectivity index (χ1n) is 6.84. The Bertz CT molecular complexity index is 1030. The van der Waals surface area contributed by atoms with Crippen LogP contribution >= 0.6 is 0 Å². The van der Waals surface area contributed by atoms with Crippen molar-refractivity contribution in [3.05, 3.63) is 70.8 Å². The van der Waals surface area contributed by atoms with Crippen LogP contribution in [0, 0.1) is 0 Å². The van der Waals surface area contributed by atoms with Crippen LogP contribution in [-0.2, 0) is 6.54 Å². The SMILES string of the molecule is O=c1cc(O)nc2n(Cc3ccccn3)c3ccccc3n12. The summed E-state index contributed by atoms with van der Waals surface area (Å²) in [6.07, 6.45) is 1.72. The van der Waals surface area contributed by atoms with Crippen molar-refractivity contribution < 1.29 is 5.11 Å². The summed E-state index contributed by atoms with van der Waals surface area (Å²) in [5.41, 5.74) is 2.16. The van der Waals surface area contributed by atoms with E-state index in [0.717, 1.165) is 22.8 Å². The molecule has 3 aromatic heterocycles. The Morgan fingerprint density at radius 1 is 1.05 bits per heavy atom. The maximum Gasteiger partial charge on any atom is 0.263 e. The summed E-state index contributed by atoms with van der Waals surface area (Å²) in [6.45, 7) is 0.466. The fourth-order valence-electron chi connectivity index (χ4n) is 2.66. The number of rotatable bonds is 2. The van der Waals surface area contributed by atoms with Crippen molar-refractivity contribution in [1.29, 1.82) is 0 Å². The lowest BCUT2D eigenvalue weighted by Crippen LogP contribution is -2.13. The van der Waals surface area contributed by atoms with E-state index in [1.807, 2.05) is 47.0 Å². The molecule has 0 aliphatic carbocycles. The highest BCUT2D eigenvalue weighted by atomic mass is 16.3. The molecule has 0 amide bonds. The molecule has 1 aromatic carbocycles. The van der Waals surface area contributed by atoms with Crippen LogP contribution in [0.3, 0.4) is 0 Å². The average molecular weight is 292 g/mol. The van der Waals surface area contributed by atoms with Crippen LogP contribution in [0.4, 0.5) is 0 Å². The van der Waals surface area contributed by atoms with E-state index in [9.17, 15) is 9.90 Å². The van der Waals surface area contributed by atoms with Crippen molar-refractivity contribution in [3.8, 4) is 5.88 Å². The van der Waals surface area contributed by atoms with Gasteiger partial charge in [0.1, 0.15) is 0 Å². The van der Waals surface area contributed by atoms with Gasteiger partial charge in [0.15, 0.2) is 0 Å². The minimum atomic E-state index is -0.307. The normalized spacial score (nSPS) is 11.3. The van der Waals surface area contributed by atoms with Crippen molar-refractivity contribution in [2.45, 2.75) is 6.54 Å². The maximum absolute atomic E-state index is 12.2. The lowest BCUT2D eigenvalue weighted by molar-refractivity contribution is 0.452. The van der Waals surface area contributed by atoms with Crippen LogP contribution in [0.2, 0.25) is 0 Å². The molecular weight excluding hydrogens is 280 g/mol. The Morgan fingerprint density at radius 3 is 2.59 bits per heavy atom. The van der Waals surface area contributed by atoms with Gasteiger partial charge in [-0.2, -0.15) is 4.98 Å². The van der Waals surface area contributed by atoms with E-state index in [1.165, 1.54) is 4.40 Å². The number of nitrogens with zero attached hydrogens (tertiary/aromatic N) is 4. The van der Waals surface area contributed by atoms with Crippen LogP contribution in [0.25, 0.3) is 16.8 Å². The second kappa shape index (κ2) is 4.70. The maximum atomic E-state index is 12.2. The van der Waals surface area contributed by atoms with E-state index in [4.69, 9.17) is 0 Å². The van der Waals surface area contributed by atoms with Gasteiger partial charge in [-0.3, -0.25) is 9.78 Å². The third kappa shape index (κ3) is 1.85. The fraction of sp³-hybridized carbons (Fsp3) is 0.0625. The number of benzene rings is 1. The molecule has 6 nitrogen and oxygen atoms in total. The second-order valence-corrected chi connectivity index (χ2v) is 4.98. The molecule has 0 radical (unpaired) electrons. The summed E-state index contributed by atoms with van der Waals surface area (Å²) in [4.78, 5) is 20.7. The van der Waals surface area contributed by atoms with Gasteiger partial charge in [0.2, 0.25) is 11.7 Å². The van der Waals surface area contributed by atoms with E-state index in [-0.39, 0.29) is 11.4 Å². The van der Waals surface area contributed by atoms with Crippen LogP contribution in [0.15, 0.2) is 59.5 Å². The van der Waals surface area contributed by atoms with Gasteiger partial charge in [-0.1, -0.05) is 18.2 Å². The highest BCUT2D eigenvalue weighted by Gasteiger charge is 2.14. The molecule has 0 spiro atoms. The Kier molecular flexibility index (Phi) is 2.69. The van der Waals surface area contributed by atoms with Gasteiger partial charge in [0, 0.05) is 6.20 Å². The smallest absolute Gasteiger partial charge is 0.263 e. The van der Waals surface area contributed by atoms with Gasteiger partial charge in [0.05, 0.1) is 29.3 Å². The summed E-state index contributed by atoms with van der Waals surface area (Å²) in [5, 5.41) is 9.67. The number of imidazole rings is 1. The molecule has 0 fully saturated rings. The zero-order valence-corrected chi connectivity index (χ0v) is 11.5. The molecule has 1 N–H and O–H groups in total. The minimum absolute atomic E-state index is 0.282. The summed E-state index contributed by atoms with van der Waals surface area (Å²) < 4.78 is 3.37. The highest BCUT2D eigenvalue weighted by Crippen LogP contribution is 2.20. The van der Waals surface area contributed by atoms with E-state index in [2.05, 4.69) is 9.97 Å². The van der Waals surface area contributed by atoms with Gasteiger partial charge in [-0.15, -0.1) is 0 Å². The van der Waals surface area contributed by atoms with Crippen molar-refractivity contribution in [2.24, 2.45) is 0 Å². The molecule has 0 bridgehead atoms.